The molecule has 16 heavy (non-hydrogen) atoms. The molecule has 0 bridgehead atoms. The molecular formula is C13H22N2O. The predicted molar refractivity (Wildman–Crippen MR) is 67.1 cm³/mol. The largest absolute Gasteiger partial charge is 0.396 e. The zero-order valence-electron chi connectivity index (χ0n) is 9.81. The molecule has 90 valence electrons. The SMILES string of the molecule is NCCCN(CCCO)Cc1ccccc1. The van der Waals surface area contributed by atoms with E-state index >= 15 is 0 Å². The van der Waals surface area contributed by atoms with Crippen LogP contribution in [0.1, 0.15) is 18.4 Å². The van der Waals surface area contributed by atoms with Gasteiger partial charge in [-0.3, -0.25) is 4.90 Å². The van der Waals surface area contributed by atoms with Crippen LogP contribution in [-0.4, -0.2) is 36.2 Å². The van der Waals surface area contributed by atoms with Crippen molar-refractivity contribution in [3.63, 3.8) is 0 Å². The fourth-order valence-electron chi connectivity index (χ4n) is 1.72. The highest BCUT2D eigenvalue weighted by Crippen LogP contribution is 2.05. The number of nitrogens with two attached hydrogens (primary N) is 1. The molecule has 0 fully saturated rings. The zero-order chi connectivity index (χ0) is 11.6. The molecule has 0 heterocycles. The van der Waals surface area contributed by atoms with Crippen molar-refractivity contribution in [2.45, 2.75) is 19.4 Å². The van der Waals surface area contributed by atoms with Crippen molar-refractivity contribution >= 4 is 0 Å². The van der Waals surface area contributed by atoms with Gasteiger partial charge in [0.25, 0.3) is 0 Å². The van der Waals surface area contributed by atoms with Crippen molar-refractivity contribution in [2.75, 3.05) is 26.2 Å². The number of hydrogen-bond donors (Lipinski definition) is 2. The second-order valence-corrected chi connectivity index (χ2v) is 3.98. The molecule has 3 N–H and O–H groups in total. The van der Waals surface area contributed by atoms with Gasteiger partial charge in [-0.1, -0.05) is 30.3 Å². The normalized spacial score (nSPS) is 10.9. The number of hydrogen-bond acceptors (Lipinski definition) is 3. The predicted octanol–water partition coefficient (Wildman–Crippen LogP) is 1.22. The van der Waals surface area contributed by atoms with Crippen molar-refractivity contribution in [1.82, 2.24) is 4.90 Å². The van der Waals surface area contributed by atoms with Crippen molar-refractivity contribution in [2.24, 2.45) is 5.73 Å². The van der Waals surface area contributed by atoms with E-state index in [1.807, 2.05) is 6.07 Å². The summed E-state index contributed by atoms with van der Waals surface area (Å²) in [5.74, 6) is 0. The fraction of sp³-hybridized carbons (Fsp3) is 0.538. The molecule has 3 nitrogen and oxygen atoms in total. The van der Waals surface area contributed by atoms with Crippen LogP contribution in [0.15, 0.2) is 30.3 Å². The molecule has 1 aromatic rings. The van der Waals surface area contributed by atoms with Gasteiger partial charge in [-0.15, -0.1) is 0 Å². The Labute approximate surface area is 97.9 Å². The van der Waals surface area contributed by atoms with Crippen LogP contribution in [0.3, 0.4) is 0 Å². The smallest absolute Gasteiger partial charge is 0.0443 e. The summed E-state index contributed by atoms with van der Waals surface area (Å²) >= 11 is 0. The lowest BCUT2D eigenvalue weighted by atomic mass is 10.2. The van der Waals surface area contributed by atoms with Gasteiger partial charge in [0.2, 0.25) is 0 Å². The number of benzene rings is 1. The molecule has 0 saturated heterocycles. The van der Waals surface area contributed by atoms with Crippen molar-refractivity contribution in [3.8, 4) is 0 Å². The quantitative estimate of drug-likeness (QED) is 0.695. The van der Waals surface area contributed by atoms with Gasteiger partial charge in [0.15, 0.2) is 0 Å². The van der Waals surface area contributed by atoms with E-state index < -0.39 is 0 Å². The van der Waals surface area contributed by atoms with Gasteiger partial charge in [-0.2, -0.15) is 0 Å². The van der Waals surface area contributed by atoms with Gasteiger partial charge >= 0.3 is 0 Å². The molecule has 1 aromatic carbocycles. The van der Waals surface area contributed by atoms with Crippen molar-refractivity contribution in [1.29, 1.82) is 0 Å². The van der Waals surface area contributed by atoms with Crippen LogP contribution < -0.4 is 5.73 Å². The Bertz CT molecular complexity index is 256. The third-order valence-corrected chi connectivity index (χ3v) is 2.56. The lowest BCUT2D eigenvalue weighted by Gasteiger charge is -2.21. The first-order valence-electron chi connectivity index (χ1n) is 5.94. The molecular weight excluding hydrogens is 200 g/mol. The Balaban J connectivity index is 2.42. The average Bonchev–Trinajstić information content (AvgIpc) is 2.34. The number of rotatable bonds is 8. The Morgan fingerprint density at radius 3 is 2.38 bits per heavy atom. The van der Waals surface area contributed by atoms with Crippen LogP contribution in [0.25, 0.3) is 0 Å². The molecule has 1 rings (SSSR count). The van der Waals surface area contributed by atoms with Crippen LogP contribution in [0.5, 0.6) is 0 Å². The van der Waals surface area contributed by atoms with Gasteiger partial charge in [0, 0.05) is 19.7 Å². The van der Waals surface area contributed by atoms with E-state index in [0.29, 0.717) is 0 Å². The number of aliphatic hydroxyl groups excluding tert-OH is 1. The molecule has 0 radical (unpaired) electrons. The lowest BCUT2D eigenvalue weighted by molar-refractivity contribution is 0.217. The van der Waals surface area contributed by atoms with Crippen LogP contribution in [0.2, 0.25) is 0 Å². The van der Waals surface area contributed by atoms with E-state index in [2.05, 4.69) is 29.2 Å². The molecule has 0 saturated carbocycles. The Hall–Kier alpha value is -0.900. The molecule has 0 aliphatic heterocycles. The molecule has 3 heteroatoms. The molecule has 0 unspecified atom stereocenters. The van der Waals surface area contributed by atoms with Crippen molar-refractivity contribution in [3.05, 3.63) is 35.9 Å². The summed E-state index contributed by atoms with van der Waals surface area (Å²) in [4.78, 5) is 2.35. The minimum atomic E-state index is 0.258. The molecule has 0 atom stereocenters. The Kier molecular flexibility index (Phi) is 6.81. The molecule has 0 aromatic heterocycles. The maximum atomic E-state index is 8.86. The first kappa shape index (κ1) is 13.2. The maximum absolute atomic E-state index is 8.86. The first-order chi connectivity index (χ1) is 7.86. The summed E-state index contributed by atoms with van der Waals surface area (Å²) in [5.41, 5.74) is 6.84. The van der Waals surface area contributed by atoms with Crippen molar-refractivity contribution < 1.29 is 5.11 Å². The van der Waals surface area contributed by atoms with E-state index in [1.54, 1.807) is 0 Å². The van der Waals surface area contributed by atoms with E-state index in [9.17, 15) is 0 Å². The summed E-state index contributed by atoms with van der Waals surface area (Å²) in [6.45, 7) is 3.87. The summed E-state index contributed by atoms with van der Waals surface area (Å²) < 4.78 is 0. The van der Waals surface area contributed by atoms with Crippen LogP contribution in [0, 0.1) is 0 Å². The second kappa shape index (κ2) is 8.28. The molecule has 0 amide bonds. The minimum Gasteiger partial charge on any atom is -0.396 e. The second-order valence-electron chi connectivity index (χ2n) is 3.98. The highest BCUT2D eigenvalue weighted by atomic mass is 16.3. The molecule has 0 aliphatic carbocycles. The van der Waals surface area contributed by atoms with E-state index in [1.165, 1.54) is 5.56 Å². The molecule has 0 spiro atoms. The average molecular weight is 222 g/mol. The summed E-state index contributed by atoms with van der Waals surface area (Å²) in [6, 6.07) is 10.4. The van der Waals surface area contributed by atoms with Gasteiger partial charge in [0.05, 0.1) is 0 Å². The van der Waals surface area contributed by atoms with Crippen LogP contribution in [-0.2, 0) is 6.54 Å². The van der Waals surface area contributed by atoms with E-state index in [-0.39, 0.29) is 6.61 Å². The van der Waals surface area contributed by atoms with Gasteiger partial charge in [0.1, 0.15) is 0 Å². The minimum absolute atomic E-state index is 0.258. The van der Waals surface area contributed by atoms with Gasteiger partial charge in [-0.25, -0.2) is 0 Å². The summed E-state index contributed by atoms with van der Waals surface area (Å²) in [7, 11) is 0. The third-order valence-electron chi connectivity index (χ3n) is 2.56. The van der Waals surface area contributed by atoms with Gasteiger partial charge in [-0.05, 0) is 31.5 Å². The zero-order valence-corrected chi connectivity index (χ0v) is 9.81. The first-order valence-corrected chi connectivity index (χ1v) is 5.94. The number of nitrogens with zero attached hydrogens (tertiary/aromatic N) is 1. The Morgan fingerprint density at radius 2 is 1.75 bits per heavy atom. The highest BCUT2D eigenvalue weighted by Gasteiger charge is 2.04. The van der Waals surface area contributed by atoms with Crippen LogP contribution in [0.4, 0.5) is 0 Å². The van der Waals surface area contributed by atoms with Gasteiger partial charge < -0.3 is 10.8 Å². The maximum Gasteiger partial charge on any atom is 0.0443 e. The fourth-order valence-corrected chi connectivity index (χ4v) is 1.72. The topological polar surface area (TPSA) is 49.5 Å². The standard InChI is InChI=1S/C13H22N2O/c14-8-4-9-15(10-5-11-16)12-13-6-2-1-3-7-13/h1-3,6-7,16H,4-5,8-12,14H2. The monoisotopic (exact) mass is 222 g/mol. The Morgan fingerprint density at radius 1 is 1.06 bits per heavy atom. The third kappa shape index (κ3) is 5.26. The highest BCUT2D eigenvalue weighted by molar-refractivity contribution is 5.14. The molecule has 0 aliphatic rings. The summed E-state index contributed by atoms with van der Waals surface area (Å²) in [5, 5.41) is 8.86. The van der Waals surface area contributed by atoms with E-state index in [4.69, 9.17) is 10.8 Å². The van der Waals surface area contributed by atoms with E-state index in [0.717, 1.165) is 39.0 Å². The number of aliphatic hydroxyl groups is 1. The summed E-state index contributed by atoms with van der Waals surface area (Å²) in [6.07, 6.45) is 1.84. The lowest BCUT2D eigenvalue weighted by Crippen LogP contribution is -2.27. The van der Waals surface area contributed by atoms with Crippen LogP contribution >= 0.6 is 0 Å².